The van der Waals surface area contributed by atoms with Crippen molar-refractivity contribution >= 4 is 22.6 Å². The van der Waals surface area contributed by atoms with Gasteiger partial charge in [0.2, 0.25) is 0 Å². The average molecular weight is 463 g/mol. The Morgan fingerprint density at radius 3 is 2.64 bits per heavy atom. The first-order chi connectivity index (χ1) is 15.7. The molecule has 3 aromatic rings. The molecule has 1 aromatic heterocycles. The van der Waals surface area contributed by atoms with E-state index >= 15 is 0 Å². The van der Waals surface area contributed by atoms with Gasteiger partial charge in [-0.25, -0.2) is 4.79 Å². The van der Waals surface area contributed by atoms with Crippen molar-refractivity contribution in [3.05, 3.63) is 58.5 Å². The highest BCUT2D eigenvalue weighted by Crippen LogP contribution is 2.29. The molecule has 1 aliphatic rings. The Kier molecular flexibility index (Phi) is 6.32. The summed E-state index contributed by atoms with van der Waals surface area (Å²) in [5, 5.41) is 2.71. The second-order valence-electron chi connectivity index (χ2n) is 7.95. The number of halogens is 3. The number of nitrogens with two attached hydrogens (primary N) is 1. The fourth-order valence-corrected chi connectivity index (χ4v) is 4.16. The number of nitrogens with zero attached hydrogens (tertiary/aromatic N) is 2. The van der Waals surface area contributed by atoms with E-state index in [0.29, 0.717) is 13.1 Å². The number of carbonyl (C=O) groups excluding carboxylic acids is 1. The highest BCUT2D eigenvalue weighted by Gasteiger charge is 2.32. The molecular weight excluding hydrogens is 439 g/mol. The summed E-state index contributed by atoms with van der Waals surface area (Å²) < 4.78 is 43.1. The van der Waals surface area contributed by atoms with Gasteiger partial charge in [0.25, 0.3) is 5.91 Å². The van der Waals surface area contributed by atoms with Gasteiger partial charge < -0.3 is 25.7 Å². The molecule has 0 saturated carbocycles. The van der Waals surface area contributed by atoms with Crippen LogP contribution in [-0.2, 0) is 0 Å². The number of imidazole rings is 1. The molecule has 2 heterocycles. The standard InChI is InChI=1S/C22H24F3N5O3/c23-22(24,25)33-19-13-14(5-6-16(19)26)20(31)27-9-12-29-10-7-15(8-11-29)30-18-4-2-1-3-17(18)28-21(30)32/h1-6,13,15H,7-12,26H2,(H,27,31)(H,28,32). The Labute approximate surface area is 187 Å². The van der Waals surface area contributed by atoms with E-state index in [2.05, 4.69) is 19.9 Å². The number of fused-ring (bicyclic) bond motifs is 1. The minimum absolute atomic E-state index is 0.0286. The van der Waals surface area contributed by atoms with Gasteiger partial charge in [-0.1, -0.05) is 12.1 Å². The number of alkyl halides is 3. The summed E-state index contributed by atoms with van der Waals surface area (Å²) in [6, 6.07) is 11.2. The van der Waals surface area contributed by atoms with Crippen molar-refractivity contribution in [3.63, 3.8) is 0 Å². The first kappa shape index (κ1) is 22.7. The number of H-pyrrole nitrogens is 1. The summed E-state index contributed by atoms with van der Waals surface area (Å²) in [5.41, 5.74) is 6.92. The molecule has 8 nitrogen and oxygen atoms in total. The fourth-order valence-electron chi connectivity index (χ4n) is 4.16. The molecule has 4 rings (SSSR count). The van der Waals surface area contributed by atoms with Gasteiger partial charge in [0.05, 0.1) is 16.7 Å². The second kappa shape index (κ2) is 9.18. The molecule has 2 aromatic carbocycles. The van der Waals surface area contributed by atoms with Crippen molar-refractivity contribution in [1.82, 2.24) is 19.8 Å². The number of hydrogen-bond acceptors (Lipinski definition) is 5. The van der Waals surface area contributed by atoms with E-state index in [0.717, 1.165) is 43.0 Å². The number of para-hydroxylation sites is 2. The maximum absolute atomic E-state index is 12.5. The van der Waals surface area contributed by atoms with Gasteiger partial charge in [-0.3, -0.25) is 9.36 Å². The number of benzene rings is 2. The van der Waals surface area contributed by atoms with Crippen molar-refractivity contribution < 1.29 is 22.7 Å². The lowest BCUT2D eigenvalue weighted by Crippen LogP contribution is -2.41. The van der Waals surface area contributed by atoms with Gasteiger partial charge in [0.1, 0.15) is 0 Å². The normalized spacial score (nSPS) is 15.6. The number of nitrogen functional groups attached to an aromatic ring is 1. The van der Waals surface area contributed by atoms with Crippen molar-refractivity contribution in [3.8, 4) is 5.75 Å². The van der Waals surface area contributed by atoms with Crippen LogP contribution in [0.3, 0.4) is 0 Å². The largest absolute Gasteiger partial charge is 0.573 e. The molecule has 1 fully saturated rings. The Balaban J connectivity index is 1.28. The zero-order valence-corrected chi connectivity index (χ0v) is 17.7. The molecule has 0 spiro atoms. The number of likely N-dealkylation sites (tertiary alicyclic amines) is 1. The molecule has 1 amide bonds. The topological polar surface area (TPSA) is 105 Å². The monoisotopic (exact) mass is 463 g/mol. The van der Waals surface area contributed by atoms with Crippen LogP contribution in [-0.4, -0.2) is 52.9 Å². The van der Waals surface area contributed by atoms with Crippen LogP contribution in [0.2, 0.25) is 0 Å². The lowest BCUT2D eigenvalue weighted by atomic mass is 10.0. The predicted octanol–water partition coefficient (Wildman–Crippen LogP) is 2.88. The molecule has 0 aliphatic carbocycles. The number of aromatic amines is 1. The van der Waals surface area contributed by atoms with Crippen molar-refractivity contribution in [2.24, 2.45) is 0 Å². The van der Waals surface area contributed by atoms with Crippen LogP contribution in [0.5, 0.6) is 5.75 Å². The molecule has 1 aliphatic heterocycles. The Morgan fingerprint density at radius 1 is 1.18 bits per heavy atom. The molecule has 0 radical (unpaired) electrons. The number of anilines is 1. The van der Waals surface area contributed by atoms with Crippen LogP contribution in [0, 0.1) is 0 Å². The molecule has 0 atom stereocenters. The van der Waals surface area contributed by atoms with Crippen LogP contribution in [0.4, 0.5) is 18.9 Å². The van der Waals surface area contributed by atoms with Crippen LogP contribution < -0.4 is 21.5 Å². The van der Waals surface area contributed by atoms with E-state index in [4.69, 9.17) is 5.73 Å². The number of ether oxygens (including phenoxy) is 1. The summed E-state index contributed by atoms with van der Waals surface area (Å²) in [5.74, 6) is -1.12. The third-order valence-electron chi connectivity index (χ3n) is 5.76. The predicted molar refractivity (Wildman–Crippen MR) is 117 cm³/mol. The zero-order chi connectivity index (χ0) is 23.6. The molecule has 176 valence electrons. The smallest absolute Gasteiger partial charge is 0.404 e. The van der Waals surface area contributed by atoms with Crippen LogP contribution in [0.1, 0.15) is 29.2 Å². The van der Waals surface area contributed by atoms with Gasteiger partial charge in [0.15, 0.2) is 5.75 Å². The van der Waals surface area contributed by atoms with Gasteiger partial charge in [-0.15, -0.1) is 13.2 Å². The minimum atomic E-state index is -4.90. The zero-order valence-electron chi connectivity index (χ0n) is 17.7. The van der Waals surface area contributed by atoms with E-state index in [-0.39, 0.29) is 23.0 Å². The number of amides is 1. The van der Waals surface area contributed by atoms with Crippen LogP contribution >= 0.6 is 0 Å². The molecule has 1 saturated heterocycles. The Bertz CT molecular complexity index is 1200. The number of hydrogen-bond donors (Lipinski definition) is 3. The summed E-state index contributed by atoms with van der Waals surface area (Å²) >= 11 is 0. The van der Waals surface area contributed by atoms with Crippen LogP contribution in [0.15, 0.2) is 47.3 Å². The number of piperidine rings is 1. The fraction of sp³-hybridized carbons (Fsp3) is 0.364. The molecule has 11 heteroatoms. The Hall–Kier alpha value is -3.47. The third kappa shape index (κ3) is 5.30. The number of nitrogens with one attached hydrogen (secondary N) is 2. The number of aromatic nitrogens is 2. The average Bonchev–Trinajstić information content (AvgIpc) is 3.10. The first-order valence-corrected chi connectivity index (χ1v) is 10.6. The van der Waals surface area contributed by atoms with E-state index in [1.165, 1.54) is 12.1 Å². The molecule has 0 unspecified atom stereocenters. The molecule has 4 N–H and O–H groups in total. The Morgan fingerprint density at radius 2 is 1.91 bits per heavy atom. The summed E-state index contributed by atoms with van der Waals surface area (Å²) in [4.78, 5) is 29.8. The number of rotatable bonds is 6. The van der Waals surface area contributed by atoms with Crippen LogP contribution in [0.25, 0.3) is 11.0 Å². The van der Waals surface area contributed by atoms with Gasteiger partial charge in [0, 0.05) is 37.8 Å². The van der Waals surface area contributed by atoms with E-state index in [9.17, 15) is 22.8 Å². The third-order valence-corrected chi connectivity index (χ3v) is 5.76. The maximum Gasteiger partial charge on any atom is 0.573 e. The van der Waals surface area contributed by atoms with Crippen molar-refractivity contribution in [1.29, 1.82) is 0 Å². The molecule has 0 bridgehead atoms. The van der Waals surface area contributed by atoms with E-state index in [1.807, 2.05) is 28.8 Å². The van der Waals surface area contributed by atoms with Gasteiger partial charge in [-0.05, 0) is 43.2 Å². The SMILES string of the molecule is Nc1ccc(C(=O)NCCN2CCC(n3c(=O)[nH]c4ccccc43)CC2)cc1OC(F)(F)F. The lowest BCUT2D eigenvalue weighted by Gasteiger charge is -2.32. The van der Waals surface area contributed by atoms with Gasteiger partial charge >= 0.3 is 12.1 Å². The van der Waals surface area contributed by atoms with E-state index < -0.39 is 18.0 Å². The number of carbonyl (C=O) groups is 1. The summed E-state index contributed by atoms with van der Waals surface area (Å²) in [6.45, 7) is 2.44. The minimum Gasteiger partial charge on any atom is -0.404 e. The molecule has 33 heavy (non-hydrogen) atoms. The summed E-state index contributed by atoms with van der Waals surface area (Å²) in [7, 11) is 0. The van der Waals surface area contributed by atoms with Crippen molar-refractivity contribution in [2.75, 3.05) is 31.9 Å². The lowest BCUT2D eigenvalue weighted by molar-refractivity contribution is -0.274. The highest BCUT2D eigenvalue weighted by molar-refractivity contribution is 5.95. The summed E-state index contributed by atoms with van der Waals surface area (Å²) in [6.07, 6.45) is -3.30. The quantitative estimate of drug-likeness (QED) is 0.488. The van der Waals surface area contributed by atoms with Crippen molar-refractivity contribution in [2.45, 2.75) is 25.2 Å². The van der Waals surface area contributed by atoms with Gasteiger partial charge in [-0.2, -0.15) is 0 Å². The molecular formula is C22H24F3N5O3. The maximum atomic E-state index is 12.5. The first-order valence-electron chi connectivity index (χ1n) is 10.6. The second-order valence-corrected chi connectivity index (χ2v) is 7.95. The highest BCUT2D eigenvalue weighted by atomic mass is 19.4. The van der Waals surface area contributed by atoms with E-state index in [1.54, 1.807) is 0 Å².